The third-order valence-electron chi connectivity index (χ3n) is 3.18. The largest absolute Gasteiger partial charge is 0.416 e. The van der Waals surface area contributed by atoms with Gasteiger partial charge in [-0.1, -0.05) is 6.07 Å². The van der Waals surface area contributed by atoms with E-state index < -0.39 is 17.6 Å². The Bertz CT molecular complexity index is 596. The minimum atomic E-state index is -4.57. The molecule has 21 heavy (non-hydrogen) atoms. The SMILES string of the molecule is C[C@H](NCc1ccc(F)cc1C(F)(F)F)c1ccncc1. The van der Waals surface area contributed by atoms with Gasteiger partial charge in [0.15, 0.2) is 0 Å². The van der Waals surface area contributed by atoms with Gasteiger partial charge in [0.2, 0.25) is 0 Å². The van der Waals surface area contributed by atoms with Crippen molar-refractivity contribution in [1.29, 1.82) is 0 Å². The Morgan fingerprint density at radius 3 is 2.43 bits per heavy atom. The standard InChI is InChI=1S/C15H14F4N2/c1-10(11-4-6-20-7-5-11)21-9-12-2-3-13(16)8-14(12)15(17,18)19/h2-8,10,21H,9H2,1H3/t10-/m0/s1. The van der Waals surface area contributed by atoms with Crippen LogP contribution in [0.25, 0.3) is 0 Å². The Morgan fingerprint density at radius 1 is 1.14 bits per heavy atom. The number of aromatic nitrogens is 1. The molecule has 0 amide bonds. The van der Waals surface area contributed by atoms with E-state index >= 15 is 0 Å². The Labute approximate surface area is 119 Å². The fourth-order valence-electron chi connectivity index (χ4n) is 2.00. The first-order valence-corrected chi connectivity index (χ1v) is 6.37. The molecule has 1 aromatic carbocycles. The van der Waals surface area contributed by atoms with Gasteiger partial charge in [-0.05, 0) is 42.3 Å². The van der Waals surface area contributed by atoms with E-state index in [1.165, 1.54) is 0 Å². The molecule has 0 bridgehead atoms. The quantitative estimate of drug-likeness (QED) is 0.860. The fourth-order valence-corrected chi connectivity index (χ4v) is 2.00. The molecule has 0 unspecified atom stereocenters. The zero-order chi connectivity index (χ0) is 15.5. The van der Waals surface area contributed by atoms with E-state index in [-0.39, 0.29) is 18.2 Å². The summed E-state index contributed by atoms with van der Waals surface area (Å²) < 4.78 is 51.6. The molecule has 0 radical (unpaired) electrons. The predicted molar refractivity (Wildman–Crippen MR) is 70.9 cm³/mol. The molecule has 1 heterocycles. The summed E-state index contributed by atoms with van der Waals surface area (Å²) in [6.07, 6.45) is -1.34. The monoisotopic (exact) mass is 298 g/mol. The van der Waals surface area contributed by atoms with Gasteiger partial charge in [-0.2, -0.15) is 13.2 Å². The van der Waals surface area contributed by atoms with E-state index in [4.69, 9.17) is 0 Å². The summed E-state index contributed by atoms with van der Waals surface area (Å²) in [5.41, 5.74) is -0.0117. The van der Waals surface area contributed by atoms with E-state index in [0.29, 0.717) is 6.07 Å². The van der Waals surface area contributed by atoms with Crippen LogP contribution in [0, 0.1) is 5.82 Å². The smallest absolute Gasteiger partial charge is 0.306 e. The third-order valence-corrected chi connectivity index (χ3v) is 3.18. The zero-order valence-electron chi connectivity index (χ0n) is 11.3. The van der Waals surface area contributed by atoms with Gasteiger partial charge in [0.05, 0.1) is 5.56 Å². The Balaban J connectivity index is 2.14. The lowest BCUT2D eigenvalue weighted by atomic mass is 10.1. The fraction of sp³-hybridized carbons (Fsp3) is 0.267. The lowest BCUT2D eigenvalue weighted by Gasteiger charge is -2.17. The summed E-state index contributed by atoms with van der Waals surface area (Å²) in [6, 6.07) is 6.14. The van der Waals surface area contributed by atoms with Gasteiger partial charge in [0.1, 0.15) is 5.82 Å². The van der Waals surface area contributed by atoms with Crippen molar-refractivity contribution >= 4 is 0 Å². The molecule has 0 aliphatic carbocycles. The van der Waals surface area contributed by atoms with Crippen LogP contribution in [-0.4, -0.2) is 4.98 Å². The molecular weight excluding hydrogens is 284 g/mol. The second-order valence-corrected chi connectivity index (χ2v) is 4.68. The number of pyridine rings is 1. The molecule has 0 saturated carbocycles. The second kappa shape index (κ2) is 6.22. The van der Waals surface area contributed by atoms with E-state index in [1.807, 2.05) is 6.92 Å². The van der Waals surface area contributed by atoms with Crippen molar-refractivity contribution in [3.05, 3.63) is 65.2 Å². The van der Waals surface area contributed by atoms with Crippen LogP contribution in [0.15, 0.2) is 42.7 Å². The highest BCUT2D eigenvalue weighted by Gasteiger charge is 2.33. The van der Waals surface area contributed by atoms with Crippen LogP contribution in [0.2, 0.25) is 0 Å². The van der Waals surface area contributed by atoms with Crippen molar-refractivity contribution in [2.75, 3.05) is 0 Å². The van der Waals surface area contributed by atoms with E-state index in [1.54, 1.807) is 24.5 Å². The summed E-state index contributed by atoms with van der Waals surface area (Å²) in [4.78, 5) is 3.88. The molecule has 0 spiro atoms. The van der Waals surface area contributed by atoms with Gasteiger partial charge in [-0.25, -0.2) is 4.39 Å². The highest BCUT2D eigenvalue weighted by Crippen LogP contribution is 2.32. The van der Waals surface area contributed by atoms with Crippen LogP contribution in [0.5, 0.6) is 0 Å². The van der Waals surface area contributed by atoms with Crippen LogP contribution in [0.3, 0.4) is 0 Å². The third kappa shape index (κ3) is 4.01. The minimum Gasteiger partial charge on any atom is -0.306 e. The van der Waals surface area contributed by atoms with Gasteiger partial charge in [0, 0.05) is 25.0 Å². The van der Waals surface area contributed by atoms with E-state index in [0.717, 1.165) is 17.7 Å². The van der Waals surface area contributed by atoms with Gasteiger partial charge >= 0.3 is 6.18 Å². The summed E-state index contributed by atoms with van der Waals surface area (Å²) in [5, 5.41) is 3.00. The van der Waals surface area contributed by atoms with Crippen LogP contribution >= 0.6 is 0 Å². The second-order valence-electron chi connectivity index (χ2n) is 4.68. The highest BCUT2D eigenvalue weighted by molar-refractivity contribution is 5.30. The average Bonchev–Trinajstić information content (AvgIpc) is 2.45. The number of hydrogen-bond acceptors (Lipinski definition) is 2. The molecule has 1 N–H and O–H groups in total. The van der Waals surface area contributed by atoms with Crippen molar-refractivity contribution in [1.82, 2.24) is 10.3 Å². The topological polar surface area (TPSA) is 24.9 Å². The molecular formula is C15H14F4N2. The Kier molecular flexibility index (Phi) is 4.57. The van der Waals surface area contributed by atoms with Crippen molar-refractivity contribution in [2.24, 2.45) is 0 Å². The lowest BCUT2D eigenvalue weighted by Crippen LogP contribution is -2.21. The van der Waals surface area contributed by atoms with Crippen molar-refractivity contribution < 1.29 is 17.6 Å². The molecule has 0 fully saturated rings. The first kappa shape index (κ1) is 15.4. The number of alkyl halides is 3. The highest BCUT2D eigenvalue weighted by atomic mass is 19.4. The molecule has 2 nitrogen and oxygen atoms in total. The molecule has 112 valence electrons. The number of rotatable bonds is 4. The minimum absolute atomic E-state index is 0.00138. The molecule has 2 aromatic rings. The van der Waals surface area contributed by atoms with E-state index in [9.17, 15) is 17.6 Å². The molecule has 6 heteroatoms. The summed E-state index contributed by atoms with van der Waals surface area (Å²) in [7, 11) is 0. The maximum Gasteiger partial charge on any atom is 0.416 e. The summed E-state index contributed by atoms with van der Waals surface area (Å²) in [5.74, 6) is -0.895. The predicted octanol–water partition coefficient (Wildman–Crippen LogP) is 4.09. The molecule has 0 aliphatic rings. The number of nitrogens with one attached hydrogen (secondary N) is 1. The average molecular weight is 298 g/mol. The van der Waals surface area contributed by atoms with Crippen molar-refractivity contribution in [3.63, 3.8) is 0 Å². The number of nitrogens with zero attached hydrogens (tertiary/aromatic N) is 1. The molecule has 0 aliphatic heterocycles. The summed E-state index contributed by atoms with van der Waals surface area (Å²) in [6.45, 7) is 1.84. The maximum absolute atomic E-state index is 13.0. The van der Waals surface area contributed by atoms with Crippen LogP contribution in [-0.2, 0) is 12.7 Å². The number of hydrogen-bond donors (Lipinski definition) is 1. The molecule has 1 atom stereocenters. The molecule has 0 saturated heterocycles. The van der Waals surface area contributed by atoms with Gasteiger partial charge in [-0.3, -0.25) is 4.98 Å². The first-order valence-electron chi connectivity index (χ1n) is 6.37. The Hall–Kier alpha value is -1.95. The normalized spacial score (nSPS) is 13.2. The van der Waals surface area contributed by atoms with Gasteiger partial charge < -0.3 is 5.32 Å². The lowest BCUT2D eigenvalue weighted by molar-refractivity contribution is -0.138. The molecule has 2 rings (SSSR count). The zero-order valence-corrected chi connectivity index (χ0v) is 11.3. The van der Waals surface area contributed by atoms with Crippen LogP contribution in [0.4, 0.5) is 17.6 Å². The Morgan fingerprint density at radius 2 is 1.81 bits per heavy atom. The van der Waals surface area contributed by atoms with Gasteiger partial charge in [0.25, 0.3) is 0 Å². The summed E-state index contributed by atoms with van der Waals surface area (Å²) >= 11 is 0. The van der Waals surface area contributed by atoms with Crippen LogP contribution < -0.4 is 5.32 Å². The maximum atomic E-state index is 13.0. The molecule has 1 aromatic heterocycles. The number of halogens is 4. The van der Waals surface area contributed by atoms with Crippen LogP contribution in [0.1, 0.15) is 29.7 Å². The van der Waals surface area contributed by atoms with Crippen molar-refractivity contribution in [2.45, 2.75) is 25.7 Å². The van der Waals surface area contributed by atoms with Gasteiger partial charge in [-0.15, -0.1) is 0 Å². The van der Waals surface area contributed by atoms with Crippen molar-refractivity contribution in [3.8, 4) is 0 Å². The number of benzene rings is 1. The van der Waals surface area contributed by atoms with E-state index in [2.05, 4.69) is 10.3 Å². The first-order chi connectivity index (χ1) is 9.88.